The molecule has 0 spiro atoms. The van der Waals surface area contributed by atoms with Crippen LogP contribution in [0.4, 0.5) is 0 Å². The van der Waals surface area contributed by atoms with Gasteiger partial charge in [-0.25, -0.2) is 0 Å². The minimum atomic E-state index is 0.179. The van der Waals surface area contributed by atoms with Gasteiger partial charge in [-0.2, -0.15) is 0 Å². The molecule has 2 nitrogen and oxygen atoms in total. The molecule has 1 aromatic rings. The molecule has 6 atom stereocenters. The molecule has 4 fully saturated rings. The highest BCUT2D eigenvalue weighted by atomic mass is 16.6. The normalized spacial score (nSPS) is 35.8. The topological polar surface area (TPSA) is 21.8 Å². The van der Waals surface area contributed by atoms with Crippen molar-refractivity contribution in [3.8, 4) is 5.75 Å². The van der Waals surface area contributed by atoms with Crippen molar-refractivity contribution in [1.82, 2.24) is 0 Å². The molecule has 0 amide bonds. The number of epoxide rings is 1. The zero-order chi connectivity index (χ0) is 20.4. The largest absolute Gasteiger partial charge is 0.490 e. The molecule has 5 rings (SSSR count). The van der Waals surface area contributed by atoms with E-state index in [0.29, 0.717) is 24.0 Å². The van der Waals surface area contributed by atoms with Gasteiger partial charge in [-0.05, 0) is 89.7 Å². The second-order valence-corrected chi connectivity index (χ2v) is 12.4. The van der Waals surface area contributed by atoms with Crippen molar-refractivity contribution in [3.05, 3.63) is 29.3 Å². The highest BCUT2D eigenvalue weighted by Crippen LogP contribution is 2.64. The third-order valence-electron chi connectivity index (χ3n) is 8.42. The lowest BCUT2D eigenvalue weighted by Gasteiger charge is -2.36. The molecular formula is C27H40O2. The first kappa shape index (κ1) is 19.9. The van der Waals surface area contributed by atoms with E-state index in [1.807, 2.05) is 0 Å². The van der Waals surface area contributed by atoms with Gasteiger partial charge in [-0.3, -0.25) is 0 Å². The van der Waals surface area contributed by atoms with Gasteiger partial charge in [0.15, 0.2) is 0 Å². The number of hydrogen-bond donors (Lipinski definition) is 0. The highest BCUT2D eigenvalue weighted by Gasteiger charge is 2.54. The van der Waals surface area contributed by atoms with Gasteiger partial charge in [0.05, 0.1) is 6.61 Å². The summed E-state index contributed by atoms with van der Waals surface area (Å²) >= 11 is 0. The Morgan fingerprint density at radius 3 is 2.48 bits per heavy atom. The molecule has 6 unspecified atom stereocenters. The minimum absolute atomic E-state index is 0.179. The van der Waals surface area contributed by atoms with Crippen molar-refractivity contribution in [2.75, 3.05) is 13.2 Å². The van der Waals surface area contributed by atoms with Crippen LogP contribution in [-0.4, -0.2) is 19.3 Å². The van der Waals surface area contributed by atoms with Gasteiger partial charge in [0, 0.05) is 0 Å². The third-order valence-corrected chi connectivity index (χ3v) is 8.42. The molecule has 4 aliphatic rings. The van der Waals surface area contributed by atoms with Gasteiger partial charge < -0.3 is 9.47 Å². The monoisotopic (exact) mass is 396 g/mol. The molecule has 0 N–H and O–H groups in total. The number of rotatable bonds is 6. The SMILES string of the molecule is CC(C)(C)CC(C)(C)c1ccc(OCC2CO2)c(C2CC3CC2C2CCCC32)c1. The van der Waals surface area contributed by atoms with Crippen molar-refractivity contribution in [3.63, 3.8) is 0 Å². The van der Waals surface area contributed by atoms with Crippen LogP contribution in [0.1, 0.15) is 90.2 Å². The van der Waals surface area contributed by atoms with Gasteiger partial charge in [0.2, 0.25) is 0 Å². The maximum absolute atomic E-state index is 6.34. The van der Waals surface area contributed by atoms with Crippen LogP contribution < -0.4 is 4.74 Å². The van der Waals surface area contributed by atoms with Crippen molar-refractivity contribution in [2.24, 2.45) is 29.1 Å². The molecule has 0 radical (unpaired) electrons. The molecule has 160 valence electrons. The Morgan fingerprint density at radius 1 is 1.00 bits per heavy atom. The summed E-state index contributed by atoms with van der Waals surface area (Å²) < 4.78 is 11.7. The minimum Gasteiger partial charge on any atom is -0.490 e. The van der Waals surface area contributed by atoms with E-state index in [2.05, 4.69) is 52.8 Å². The summed E-state index contributed by atoms with van der Waals surface area (Å²) in [7, 11) is 0. The molecule has 1 aromatic carbocycles. The van der Waals surface area contributed by atoms with Crippen LogP contribution in [-0.2, 0) is 10.2 Å². The van der Waals surface area contributed by atoms with Crippen LogP contribution in [0, 0.1) is 29.1 Å². The third kappa shape index (κ3) is 3.87. The Labute approximate surface area is 177 Å². The molecule has 3 aliphatic carbocycles. The Bertz CT molecular complexity index is 754. The predicted molar refractivity (Wildman–Crippen MR) is 119 cm³/mol. The number of benzene rings is 1. The number of ether oxygens (including phenoxy) is 2. The van der Waals surface area contributed by atoms with Crippen molar-refractivity contribution < 1.29 is 9.47 Å². The fraction of sp³-hybridized carbons (Fsp3) is 0.778. The molecule has 2 bridgehead atoms. The second kappa shape index (κ2) is 7.01. The predicted octanol–water partition coefficient (Wildman–Crippen LogP) is 6.72. The molecule has 1 aliphatic heterocycles. The van der Waals surface area contributed by atoms with Gasteiger partial charge in [-0.1, -0.05) is 53.2 Å². The van der Waals surface area contributed by atoms with Crippen molar-refractivity contribution in [1.29, 1.82) is 0 Å². The molecular weight excluding hydrogens is 356 g/mol. The molecule has 1 heterocycles. The van der Waals surface area contributed by atoms with Gasteiger partial charge >= 0.3 is 0 Å². The lowest BCUT2D eigenvalue weighted by Crippen LogP contribution is -2.26. The fourth-order valence-electron chi connectivity index (χ4n) is 7.59. The summed E-state index contributed by atoms with van der Waals surface area (Å²) in [5, 5.41) is 0. The molecule has 2 heteroatoms. The van der Waals surface area contributed by atoms with E-state index in [9.17, 15) is 0 Å². The number of hydrogen-bond acceptors (Lipinski definition) is 2. The fourth-order valence-corrected chi connectivity index (χ4v) is 7.59. The number of fused-ring (bicyclic) bond motifs is 5. The van der Waals surface area contributed by atoms with E-state index in [0.717, 1.165) is 36.0 Å². The van der Waals surface area contributed by atoms with Gasteiger partial charge in [-0.15, -0.1) is 0 Å². The highest BCUT2D eigenvalue weighted by molar-refractivity contribution is 5.44. The zero-order valence-electron chi connectivity index (χ0n) is 19.2. The summed E-state index contributed by atoms with van der Waals surface area (Å²) in [5.41, 5.74) is 3.51. The first-order valence-electron chi connectivity index (χ1n) is 12.1. The van der Waals surface area contributed by atoms with Crippen LogP contribution in [0.15, 0.2) is 18.2 Å². The molecule has 29 heavy (non-hydrogen) atoms. The van der Waals surface area contributed by atoms with Crippen molar-refractivity contribution in [2.45, 2.75) is 90.6 Å². The summed E-state index contributed by atoms with van der Waals surface area (Å²) in [4.78, 5) is 0. The zero-order valence-corrected chi connectivity index (χ0v) is 19.2. The van der Waals surface area contributed by atoms with E-state index >= 15 is 0 Å². The first-order valence-corrected chi connectivity index (χ1v) is 12.1. The van der Waals surface area contributed by atoms with Crippen LogP contribution >= 0.6 is 0 Å². The molecule has 1 saturated heterocycles. The summed E-state index contributed by atoms with van der Waals surface area (Å²) in [6, 6.07) is 7.17. The Balaban J connectivity index is 1.46. The summed E-state index contributed by atoms with van der Waals surface area (Å²) in [5.74, 6) is 5.75. The Hall–Kier alpha value is -1.02. The Morgan fingerprint density at radius 2 is 1.76 bits per heavy atom. The summed E-state index contributed by atoms with van der Waals surface area (Å²) in [6.07, 6.45) is 8.82. The quantitative estimate of drug-likeness (QED) is 0.498. The lowest BCUT2D eigenvalue weighted by molar-refractivity contribution is 0.222. The van der Waals surface area contributed by atoms with Crippen LogP contribution in [0.25, 0.3) is 0 Å². The lowest BCUT2D eigenvalue weighted by atomic mass is 9.69. The van der Waals surface area contributed by atoms with Gasteiger partial charge in [0.1, 0.15) is 18.5 Å². The summed E-state index contributed by atoms with van der Waals surface area (Å²) in [6.45, 7) is 13.5. The van der Waals surface area contributed by atoms with Crippen molar-refractivity contribution >= 4 is 0 Å². The van der Waals surface area contributed by atoms with E-state index in [1.165, 1.54) is 49.7 Å². The standard InChI is InChI=1S/C27H40O2/c1-26(2,3)16-27(4,5)18-9-10-25(29-15-19-14-28-19)24(13-18)23-12-17-11-22(23)21-8-6-7-20(17)21/h9-10,13,17,19-23H,6-8,11-12,14-16H2,1-5H3. The first-order chi connectivity index (χ1) is 13.7. The van der Waals surface area contributed by atoms with E-state index in [1.54, 1.807) is 0 Å². The maximum atomic E-state index is 6.34. The van der Waals surface area contributed by atoms with Crippen LogP contribution in [0.5, 0.6) is 5.75 Å². The average Bonchev–Trinajstić information content (AvgIpc) is 3.03. The Kier molecular flexibility index (Phi) is 4.81. The van der Waals surface area contributed by atoms with Crippen LogP contribution in [0.3, 0.4) is 0 Å². The van der Waals surface area contributed by atoms with Gasteiger partial charge in [0.25, 0.3) is 0 Å². The second-order valence-electron chi connectivity index (χ2n) is 12.4. The van der Waals surface area contributed by atoms with E-state index in [-0.39, 0.29) is 5.41 Å². The maximum Gasteiger partial charge on any atom is 0.122 e. The van der Waals surface area contributed by atoms with E-state index < -0.39 is 0 Å². The molecule has 0 aromatic heterocycles. The van der Waals surface area contributed by atoms with E-state index in [4.69, 9.17) is 9.47 Å². The smallest absolute Gasteiger partial charge is 0.122 e. The average molecular weight is 397 g/mol. The molecule has 3 saturated carbocycles. The van der Waals surface area contributed by atoms with Crippen LogP contribution in [0.2, 0.25) is 0 Å².